The molecule has 6 heteroatoms. The van der Waals surface area contributed by atoms with Crippen molar-refractivity contribution in [3.8, 4) is 0 Å². The van der Waals surface area contributed by atoms with Crippen LogP contribution in [0.15, 0.2) is 41.6 Å². The van der Waals surface area contributed by atoms with Crippen molar-refractivity contribution < 1.29 is 14.0 Å². The third kappa shape index (κ3) is 3.47. The molecule has 0 atom stereocenters. The summed E-state index contributed by atoms with van der Waals surface area (Å²) in [6.45, 7) is 2.34. The van der Waals surface area contributed by atoms with Crippen molar-refractivity contribution in [2.24, 2.45) is 10.9 Å². The molecule has 0 saturated carbocycles. The highest BCUT2D eigenvalue weighted by atomic mass is 19.2. The maximum atomic E-state index is 13.1. The van der Waals surface area contributed by atoms with Gasteiger partial charge in [0.25, 0.3) is 0 Å². The largest absolute Gasteiger partial charge is 0.409 e. The third-order valence-corrected chi connectivity index (χ3v) is 3.15. The summed E-state index contributed by atoms with van der Waals surface area (Å²) in [6.07, 6.45) is 0. The Morgan fingerprint density at radius 3 is 2.57 bits per heavy atom. The summed E-state index contributed by atoms with van der Waals surface area (Å²) in [5, 5.41) is 14.6. The smallest absolute Gasteiger partial charge is 0.170 e. The van der Waals surface area contributed by atoms with Crippen molar-refractivity contribution in [3.05, 3.63) is 64.7 Å². The van der Waals surface area contributed by atoms with Crippen molar-refractivity contribution in [3.63, 3.8) is 0 Å². The van der Waals surface area contributed by atoms with Crippen molar-refractivity contribution in [2.75, 3.05) is 5.32 Å². The fraction of sp³-hybridized carbons (Fsp3) is 0.133. The molecule has 0 aliphatic carbocycles. The van der Waals surface area contributed by atoms with Gasteiger partial charge in [-0.1, -0.05) is 17.3 Å². The number of benzene rings is 2. The number of hydrogen-bond donors (Lipinski definition) is 3. The summed E-state index contributed by atoms with van der Waals surface area (Å²) in [7, 11) is 0. The number of aryl methyl sites for hydroxylation is 1. The molecule has 0 bridgehead atoms. The molecule has 21 heavy (non-hydrogen) atoms. The number of oxime groups is 1. The van der Waals surface area contributed by atoms with Gasteiger partial charge >= 0.3 is 0 Å². The lowest BCUT2D eigenvalue weighted by molar-refractivity contribution is 0.318. The van der Waals surface area contributed by atoms with Crippen LogP contribution >= 0.6 is 0 Å². The second-order valence-corrected chi connectivity index (χ2v) is 4.61. The van der Waals surface area contributed by atoms with Gasteiger partial charge in [0.2, 0.25) is 0 Å². The van der Waals surface area contributed by atoms with Crippen LogP contribution in [0.5, 0.6) is 0 Å². The average Bonchev–Trinajstić information content (AvgIpc) is 2.48. The van der Waals surface area contributed by atoms with Crippen LogP contribution in [0.25, 0.3) is 0 Å². The highest BCUT2D eigenvalue weighted by molar-refractivity contribution is 5.97. The minimum absolute atomic E-state index is 0.0400. The van der Waals surface area contributed by atoms with E-state index in [2.05, 4.69) is 10.5 Å². The molecular formula is C15H15F2N3O. The van der Waals surface area contributed by atoms with E-state index in [4.69, 9.17) is 10.9 Å². The number of nitrogens with zero attached hydrogens (tertiary/aromatic N) is 1. The van der Waals surface area contributed by atoms with E-state index in [1.165, 1.54) is 6.07 Å². The Balaban J connectivity index is 2.11. The summed E-state index contributed by atoms with van der Waals surface area (Å²) < 4.78 is 25.9. The number of halogens is 2. The molecule has 0 amide bonds. The van der Waals surface area contributed by atoms with Crippen LogP contribution in [0.2, 0.25) is 0 Å². The number of hydrogen-bond acceptors (Lipinski definition) is 3. The summed E-state index contributed by atoms with van der Waals surface area (Å²) >= 11 is 0. The van der Waals surface area contributed by atoms with E-state index >= 15 is 0 Å². The van der Waals surface area contributed by atoms with Gasteiger partial charge < -0.3 is 16.3 Å². The fourth-order valence-corrected chi connectivity index (χ4v) is 1.91. The Labute approximate surface area is 120 Å². The molecule has 2 aromatic rings. The Kier molecular flexibility index (Phi) is 4.37. The number of rotatable bonds is 4. The van der Waals surface area contributed by atoms with E-state index in [1.54, 1.807) is 12.1 Å². The van der Waals surface area contributed by atoms with Gasteiger partial charge in [-0.2, -0.15) is 0 Å². The highest BCUT2D eigenvalue weighted by Crippen LogP contribution is 2.16. The van der Waals surface area contributed by atoms with Crippen molar-refractivity contribution in [1.29, 1.82) is 0 Å². The van der Waals surface area contributed by atoms with Crippen LogP contribution in [0, 0.1) is 18.6 Å². The molecule has 0 aliphatic heterocycles. The average molecular weight is 291 g/mol. The molecule has 0 radical (unpaired) electrons. The minimum atomic E-state index is -0.890. The predicted molar refractivity (Wildman–Crippen MR) is 77.4 cm³/mol. The van der Waals surface area contributed by atoms with Gasteiger partial charge in [0, 0.05) is 23.9 Å². The van der Waals surface area contributed by atoms with Crippen molar-refractivity contribution >= 4 is 11.5 Å². The third-order valence-electron chi connectivity index (χ3n) is 3.15. The van der Waals surface area contributed by atoms with Gasteiger partial charge in [0.1, 0.15) is 0 Å². The Morgan fingerprint density at radius 1 is 1.19 bits per heavy atom. The van der Waals surface area contributed by atoms with Gasteiger partial charge in [0.15, 0.2) is 17.5 Å². The molecule has 2 aromatic carbocycles. The lowest BCUT2D eigenvalue weighted by Gasteiger charge is -2.10. The Bertz CT molecular complexity index is 687. The molecule has 2 rings (SSSR count). The van der Waals surface area contributed by atoms with Crippen LogP contribution in [-0.2, 0) is 6.54 Å². The number of nitrogens with two attached hydrogens (primary N) is 1. The van der Waals surface area contributed by atoms with Gasteiger partial charge in [-0.25, -0.2) is 8.78 Å². The first-order chi connectivity index (χ1) is 10.0. The molecule has 0 aliphatic rings. The number of amidine groups is 1. The zero-order valence-corrected chi connectivity index (χ0v) is 11.4. The fourth-order valence-electron chi connectivity index (χ4n) is 1.91. The maximum Gasteiger partial charge on any atom is 0.170 e. The first-order valence-electron chi connectivity index (χ1n) is 6.27. The standard InChI is InChI=1S/C15H15F2N3O/c1-9-6-10(15(18)20-21)2-3-11(9)8-19-12-4-5-13(16)14(17)7-12/h2-7,19,21H,8H2,1H3,(H2,18,20). The summed E-state index contributed by atoms with van der Waals surface area (Å²) in [4.78, 5) is 0. The van der Waals surface area contributed by atoms with E-state index in [1.807, 2.05) is 13.0 Å². The SMILES string of the molecule is Cc1cc(/C(N)=N/O)ccc1CNc1ccc(F)c(F)c1. The zero-order valence-electron chi connectivity index (χ0n) is 11.4. The predicted octanol–water partition coefficient (Wildman–Crippen LogP) is 2.98. The van der Waals surface area contributed by atoms with Crippen LogP contribution in [0.1, 0.15) is 16.7 Å². The molecule has 110 valence electrons. The van der Waals surface area contributed by atoms with Crippen LogP contribution in [-0.4, -0.2) is 11.0 Å². The van der Waals surface area contributed by atoms with E-state index in [0.717, 1.165) is 23.3 Å². The maximum absolute atomic E-state index is 13.1. The van der Waals surface area contributed by atoms with Crippen LogP contribution in [0.4, 0.5) is 14.5 Å². The van der Waals surface area contributed by atoms with Crippen molar-refractivity contribution in [1.82, 2.24) is 0 Å². The van der Waals surface area contributed by atoms with Crippen LogP contribution < -0.4 is 11.1 Å². The first-order valence-corrected chi connectivity index (χ1v) is 6.27. The van der Waals surface area contributed by atoms with Gasteiger partial charge in [-0.3, -0.25) is 0 Å². The van der Waals surface area contributed by atoms with E-state index in [0.29, 0.717) is 17.8 Å². The normalized spacial score (nSPS) is 11.5. The van der Waals surface area contributed by atoms with Crippen molar-refractivity contribution in [2.45, 2.75) is 13.5 Å². The molecular weight excluding hydrogens is 276 g/mol. The minimum Gasteiger partial charge on any atom is -0.409 e. The van der Waals surface area contributed by atoms with Crippen LogP contribution in [0.3, 0.4) is 0 Å². The zero-order chi connectivity index (χ0) is 15.4. The molecule has 0 fully saturated rings. The summed E-state index contributed by atoms with van der Waals surface area (Å²) in [5.74, 6) is -1.72. The second-order valence-electron chi connectivity index (χ2n) is 4.61. The first kappa shape index (κ1) is 14.8. The number of anilines is 1. The topological polar surface area (TPSA) is 70.6 Å². The Hall–Kier alpha value is -2.63. The Morgan fingerprint density at radius 2 is 1.95 bits per heavy atom. The molecule has 0 heterocycles. The van der Waals surface area contributed by atoms with Gasteiger partial charge in [-0.05, 0) is 36.2 Å². The van der Waals surface area contributed by atoms with Gasteiger partial charge in [0.05, 0.1) is 0 Å². The molecule has 0 saturated heterocycles. The second kappa shape index (κ2) is 6.21. The number of nitrogens with one attached hydrogen (secondary N) is 1. The molecule has 0 spiro atoms. The molecule has 0 unspecified atom stereocenters. The lowest BCUT2D eigenvalue weighted by atomic mass is 10.0. The molecule has 4 nitrogen and oxygen atoms in total. The summed E-state index contributed by atoms with van der Waals surface area (Å²) in [6, 6.07) is 9.00. The van der Waals surface area contributed by atoms with E-state index < -0.39 is 11.6 Å². The van der Waals surface area contributed by atoms with Gasteiger partial charge in [-0.15, -0.1) is 0 Å². The monoisotopic (exact) mass is 291 g/mol. The van der Waals surface area contributed by atoms with E-state index in [-0.39, 0.29) is 5.84 Å². The highest BCUT2D eigenvalue weighted by Gasteiger charge is 2.05. The molecule has 4 N–H and O–H groups in total. The summed E-state index contributed by atoms with van der Waals surface area (Å²) in [5.41, 5.74) is 8.53. The molecule has 0 aromatic heterocycles. The quantitative estimate of drug-likeness (QED) is 0.351. The lowest BCUT2D eigenvalue weighted by Crippen LogP contribution is -2.13. The van der Waals surface area contributed by atoms with E-state index in [9.17, 15) is 8.78 Å².